The van der Waals surface area contributed by atoms with Gasteiger partial charge in [-0.1, -0.05) is 12.1 Å². The van der Waals surface area contributed by atoms with Crippen LogP contribution in [0.5, 0.6) is 5.75 Å². The number of hydrogen-bond donors (Lipinski definition) is 2. The van der Waals surface area contributed by atoms with Crippen molar-refractivity contribution in [2.75, 3.05) is 7.11 Å². The van der Waals surface area contributed by atoms with Crippen molar-refractivity contribution in [1.29, 1.82) is 5.41 Å². The number of carboxylic acid groups (broad SMARTS) is 1. The van der Waals surface area contributed by atoms with E-state index in [4.69, 9.17) is 15.3 Å². The van der Waals surface area contributed by atoms with E-state index in [0.717, 1.165) is 11.3 Å². The molecule has 0 radical (unpaired) electrons. The molecule has 0 amide bonds. The number of hydrogen-bond acceptors (Lipinski definition) is 4. The molecular weight excluding hydrogens is 350 g/mol. The summed E-state index contributed by atoms with van der Waals surface area (Å²) >= 11 is 0. The molecule has 1 unspecified atom stereocenters. The molecule has 0 aromatic heterocycles. The first kappa shape index (κ1) is 18.0. The summed E-state index contributed by atoms with van der Waals surface area (Å²) in [5, 5.41) is 24.3. The van der Waals surface area contributed by atoms with Gasteiger partial charge in [-0.2, -0.15) is 5.11 Å². The molecule has 0 spiro atoms. The second kappa shape index (κ2) is 7.84. The molecule has 1 aliphatic heterocycles. The highest BCUT2D eigenvalue weighted by Gasteiger charge is 2.31. The Morgan fingerprint density at radius 3 is 2.55 bits per heavy atom. The van der Waals surface area contributed by atoms with Crippen LogP contribution in [-0.2, 0) is 10.3 Å². The molecule has 1 aromatic carbocycles. The smallest absolute Gasteiger partial charge is 0.303 e. The molecule has 0 saturated carbocycles. The van der Waals surface area contributed by atoms with Gasteiger partial charge in [0.2, 0.25) is 0 Å². The lowest BCUT2D eigenvalue weighted by molar-refractivity contribution is -0.137. The fourth-order valence-corrected chi connectivity index (χ4v) is 2.25. The van der Waals surface area contributed by atoms with E-state index in [0.29, 0.717) is 12.8 Å². The topological polar surface area (TPSA) is 95.1 Å². The summed E-state index contributed by atoms with van der Waals surface area (Å²) in [4.78, 5) is 10.7. The van der Waals surface area contributed by atoms with Crippen LogP contribution in [-0.4, -0.2) is 24.0 Å². The molecule has 1 heterocycles. The lowest BCUT2D eigenvalue weighted by atomic mass is 9.84. The maximum Gasteiger partial charge on any atom is 0.303 e. The highest BCUT2D eigenvalue weighted by Crippen LogP contribution is 2.36. The quantitative estimate of drug-likeness (QED) is 0.801. The summed E-state index contributed by atoms with van der Waals surface area (Å²) in [6, 6.07) is 7.44. The summed E-state index contributed by atoms with van der Waals surface area (Å²) in [6.07, 6.45) is 4.50. The number of nitrogens with one attached hydrogen (secondary N) is 1. The molecule has 2 rings (SSSR count). The number of methoxy groups -OCH3 is 1. The molecule has 0 saturated heterocycles. The number of azo groups is 1. The zero-order chi connectivity index (χ0) is 15.3. The van der Waals surface area contributed by atoms with Crippen LogP contribution in [0.3, 0.4) is 0 Å². The molecule has 7 heteroatoms. The maximum atomic E-state index is 10.7. The van der Waals surface area contributed by atoms with E-state index in [9.17, 15) is 4.79 Å². The van der Waals surface area contributed by atoms with Gasteiger partial charge < -0.3 is 9.84 Å². The zero-order valence-corrected chi connectivity index (χ0v) is 13.9. The second-order valence-corrected chi connectivity index (χ2v) is 4.82. The fourth-order valence-electron chi connectivity index (χ4n) is 2.25. The van der Waals surface area contributed by atoms with E-state index < -0.39 is 11.5 Å². The van der Waals surface area contributed by atoms with Gasteiger partial charge in [0, 0.05) is 6.42 Å². The van der Waals surface area contributed by atoms with E-state index in [-0.39, 0.29) is 29.2 Å². The number of halogens is 1. The van der Waals surface area contributed by atoms with Gasteiger partial charge in [-0.25, -0.2) is 0 Å². The van der Waals surface area contributed by atoms with E-state index in [1.54, 1.807) is 13.2 Å². The van der Waals surface area contributed by atoms with Crippen molar-refractivity contribution in [2.24, 2.45) is 10.2 Å². The number of carboxylic acids is 1. The van der Waals surface area contributed by atoms with Crippen molar-refractivity contribution in [2.45, 2.75) is 24.8 Å². The summed E-state index contributed by atoms with van der Waals surface area (Å²) in [6.45, 7) is 0. The molecule has 1 atom stereocenters. The van der Waals surface area contributed by atoms with Crippen LogP contribution >= 0.6 is 17.0 Å². The van der Waals surface area contributed by atoms with Crippen LogP contribution in [0, 0.1) is 5.41 Å². The van der Waals surface area contributed by atoms with Crippen LogP contribution in [0.1, 0.15) is 24.8 Å². The molecule has 22 heavy (non-hydrogen) atoms. The second-order valence-electron chi connectivity index (χ2n) is 4.82. The molecule has 0 aliphatic carbocycles. The van der Waals surface area contributed by atoms with Crippen LogP contribution in [0.15, 0.2) is 46.6 Å². The molecule has 118 valence electrons. The molecular formula is C15H18BrN3O3. The van der Waals surface area contributed by atoms with Crippen molar-refractivity contribution < 1.29 is 14.6 Å². The minimum atomic E-state index is -0.829. The predicted molar refractivity (Wildman–Crippen MR) is 88.2 cm³/mol. The third-order valence-corrected chi connectivity index (χ3v) is 3.39. The number of benzene rings is 1. The fraction of sp³-hybridized carbons (Fsp3) is 0.333. The Morgan fingerprint density at radius 2 is 2.05 bits per heavy atom. The summed E-state index contributed by atoms with van der Waals surface area (Å²) in [7, 11) is 1.60. The van der Waals surface area contributed by atoms with E-state index in [1.807, 2.05) is 30.3 Å². The van der Waals surface area contributed by atoms with Crippen LogP contribution < -0.4 is 4.74 Å². The standard InChI is InChI=1S/C15H17N3O3.BrH/c1-21-12-6-4-11(5-7-12)15(9-2-3-14(19)20)10-8-13(16)17-18-15;/h4-8,10,16H,2-3,9H2,1H3,(H,19,20);1H. The van der Waals surface area contributed by atoms with Gasteiger partial charge in [0.25, 0.3) is 0 Å². The number of ether oxygens (including phenoxy) is 1. The SMILES string of the molecule is Br.COc1ccc(C2(CCCC(=O)O)C=CC(=N)N=N2)cc1. The third kappa shape index (κ3) is 4.24. The predicted octanol–water partition coefficient (Wildman–Crippen LogP) is 3.72. The number of rotatable bonds is 6. The molecule has 1 aromatic rings. The van der Waals surface area contributed by atoms with E-state index in [1.165, 1.54) is 0 Å². The maximum absolute atomic E-state index is 10.7. The highest BCUT2D eigenvalue weighted by atomic mass is 79.9. The van der Waals surface area contributed by atoms with Gasteiger partial charge in [-0.15, -0.1) is 22.1 Å². The minimum absolute atomic E-state index is 0. The average molecular weight is 368 g/mol. The van der Waals surface area contributed by atoms with Crippen LogP contribution in [0.25, 0.3) is 0 Å². The van der Waals surface area contributed by atoms with Crippen molar-refractivity contribution in [1.82, 2.24) is 0 Å². The first-order valence-corrected chi connectivity index (χ1v) is 6.63. The Morgan fingerprint density at radius 1 is 1.36 bits per heavy atom. The first-order chi connectivity index (χ1) is 10.1. The number of aliphatic carboxylic acids is 1. The molecule has 6 nitrogen and oxygen atoms in total. The molecule has 0 bridgehead atoms. The first-order valence-electron chi connectivity index (χ1n) is 6.63. The van der Waals surface area contributed by atoms with Crippen LogP contribution in [0.4, 0.5) is 0 Å². The Kier molecular flexibility index (Phi) is 6.42. The van der Waals surface area contributed by atoms with Crippen molar-refractivity contribution >= 4 is 28.8 Å². The van der Waals surface area contributed by atoms with Gasteiger partial charge >= 0.3 is 5.97 Å². The van der Waals surface area contributed by atoms with E-state index in [2.05, 4.69) is 10.2 Å². The van der Waals surface area contributed by atoms with Crippen molar-refractivity contribution in [3.8, 4) is 5.75 Å². The molecule has 2 N–H and O–H groups in total. The minimum Gasteiger partial charge on any atom is -0.497 e. The van der Waals surface area contributed by atoms with Gasteiger partial charge in [0.05, 0.1) is 7.11 Å². The van der Waals surface area contributed by atoms with Gasteiger partial charge in [-0.3, -0.25) is 10.2 Å². The normalized spacial score (nSPS) is 19.6. The van der Waals surface area contributed by atoms with Gasteiger partial charge in [0.1, 0.15) is 11.3 Å². The largest absolute Gasteiger partial charge is 0.497 e. The number of amidine groups is 1. The zero-order valence-electron chi connectivity index (χ0n) is 12.2. The van der Waals surface area contributed by atoms with Crippen LogP contribution in [0.2, 0.25) is 0 Å². The van der Waals surface area contributed by atoms with Crippen molar-refractivity contribution in [3.63, 3.8) is 0 Å². The Labute approximate surface area is 139 Å². The summed E-state index contributed by atoms with van der Waals surface area (Å²) in [5.74, 6) is 0.00521. The van der Waals surface area contributed by atoms with E-state index >= 15 is 0 Å². The molecule has 0 fully saturated rings. The average Bonchev–Trinajstić information content (AvgIpc) is 2.49. The van der Waals surface area contributed by atoms with Gasteiger partial charge in [-0.05, 0) is 42.7 Å². The number of carbonyl (C=O) groups is 1. The lowest BCUT2D eigenvalue weighted by Crippen LogP contribution is -2.23. The lowest BCUT2D eigenvalue weighted by Gasteiger charge is -2.27. The Balaban J connectivity index is 0.00000242. The monoisotopic (exact) mass is 367 g/mol. The Hall–Kier alpha value is -2.02. The van der Waals surface area contributed by atoms with Crippen molar-refractivity contribution in [3.05, 3.63) is 42.0 Å². The highest BCUT2D eigenvalue weighted by molar-refractivity contribution is 8.93. The van der Waals surface area contributed by atoms with Gasteiger partial charge in [0.15, 0.2) is 5.84 Å². The summed E-state index contributed by atoms with van der Waals surface area (Å²) in [5.41, 5.74) is 0.202. The third-order valence-electron chi connectivity index (χ3n) is 3.39. The number of nitrogens with zero attached hydrogens (tertiary/aromatic N) is 2. The summed E-state index contributed by atoms with van der Waals surface area (Å²) < 4.78 is 5.14. The Bertz CT molecular complexity index is 581. The molecule has 1 aliphatic rings.